The maximum atomic E-state index is 12.9. The lowest BCUT2D eigenvalue weighted by Crippen LogP contribution is -2.39. The molecule has 1 amide bonds. The van der Waals surface area contributed by atoms with E-state index < -0.39 is 0 Å². The van der Waals surface area contributed by atoms with Crippen molar-refractivity contribution in [2.45, 2.75) is 26.6 Å². The summed E-state index contributed by atoms with van der Waals surface area (Å²) < 4.78 is 3.33. The lowest BCUT2D eigenvalue weighted by atomic mass is 10.2. The number of H-pyrrole nitrogens is 1. The molecule has 124 valence electrons. The number of hydrogen-bond acceptors (Lipinski definition) is 5. The summed E-state index contributed by atoms with van der Waals surface area (Å²) in [5.41, 5.74) is 2.81. The molecule has 0 atom stereocenters. The molecule has 3 aromatic heterocycles. The van der Waals surface area contributed by atoms with Gasteiger partial charge >= 0.3 is 0 Å². The molecule has 0 saturated carbocycles. The molecule has 0 unspecified atom stereocenters. The smallest absolute Gasteiger partial charge is 0.266 e. The summed E-state index contributed by atoms with van der Waals surface area (Å²) in [5.74, 6) is -0.144. The quantitative estimate of drug-likeness (QED) is 0.670. The fourth-order valence-corrected chi connectivity index (χ4v) is 3.03. The molecule has 1 aliphatic heterocycles. The Balaban J connectivity index is 1.67. The molecule has 4 heterocycles. The summed E-state index contributed by atoms with van der Waals surface area (Å²) in [4.78, 5) is 30.2. The van der Waals surface area contributed by atoms with Crippen LogP contribution in [0.1, 0.15) is 27.4 Å². The predicted molar refractivity (Wildman–Crippen MR) is 83.4 cm³/mol. The molecule has 2 N–H and O–H groups in total. The van der Waals surface area contributed by atoms with Gasteiger partial charge in [0, 0.05) is 18.8 Å². The number of aliphatic hydroxyl groups excluding tert-OH is 1. The third-order valence-electron chi connectivity index (χ3n) is 4.29. The number of aromatic amines is 1. The average molecular weight is 328 g/mol. The van der Waals surface area contributed by atoms with E-state index in [1.165, 1.54) is 16.8 Å². The van der Waals surface area contributed by atoms with Gasteiger partial charge in [-0.15, -0.1) is 0 Å². The number of fused-ring (bicyclic) bond motifs is 2. The maximum Gasteiger partial charge on any atom is 0.266 e. The van der Waals surface area contributed by atoms with Crippen molar-refractivity contribution in [1.82, 2.24) is 29.3 Å². The van der Waals surface area contributed by atoms with Crippen molar-refractivity contribution in [3.63, 3.8) is 0 Å². The average Bonchev–Trinajstić information content (AvgIpc) is 3.16. The van der Waals surface area contributed by atoms with Crippen LogP contribution < -0.4 is 5.56 Å². The molecule has 0 fully saturated rings. The Bertz CT molecular complexity index is 998. The van der Waals surface area contributed by atoms with Crippen molar-refractivity contribution in [3.8, 4) is 0 Å². The van der Waals surface area contributed by atoms with E-state index in [4.69, 9.17) is 0 Å². The van der Waals surface area contributed by atoms with Crippen LogP contribution in [0.15, 0.2) is 23.1 Å². The van der Waals surface area contributed by atoms with Crippen LogP contribution in [0.25, 0.3) is 5.65 Å². The molecular formula is C15H16N6O3. The first-order chi connectivity index (χ1) is 11.6. The van der Waals surface area contributed by atoms with Crippen molar-refractivity contribution < 1.29 is 9.90 Å². The summed E-state index contributed by atoms with van der Waals surface area (Å²) in [6.45, 7) is 3.18. The lowest BCUT2D eigenvalue weighted by molar-refractivity contribution is 0.0704. The summed E-state index contributed by atoms with van der Waals surface area (Å²) >= 11 is 0. The number of carbonyl (C=O) groups excluding carboxylic acids is 1. The minimum absolute atomic E-state index is 0.116. The van der Waals surface area contributed by atoms with Crippen LogP contribution in [0.3, 0.4) is 0 Å². The summed E-state index contributed by atoms with van der Waals surface area (Å²) in [5, 5.41) is 16.1. The molecule has 24 heavy (non-hydrogen) atoms. The summed E-state index contributed by atoms with van der Waals surface area (Å²) in [6.07, 6.45) is 1.51. The molecule has 0 radical (unpaired) electrons. The topological polar surface area (TPSA) is 109 Å². The minimum atomic E-state index is -0.256. The zero-order valence-electron chi connectivity index (χ0n) is 13.1. The van der Waals surface area contributed by atoms with E-state index >= 15 is 0 Å². The van der Waals surface area contributed by atoms with Crippen molar-refractivity contribution in [1.29, 1.82) is 0 Å². The van der Waals surface area contributed by atoms with Gasteiger partial charge in [-0.25, -0.2) is 9.50 Å². The minimum Gasteiger partial charge on any atom is -0.390 e. The molecule has 0 saturated heterocycles. The Labute approximate surface area is 136 Å². The Morgan fingerprint density at radius 1 is 1.38 bits per heavy atom. The largest absolute Gasteiger partial charge is 0.390 e. The van der Waals surface area contributed by atoms with Gasteiger partial charge in [-0.3, -0.25) is 19.4 Å². The zero-order chi connectivity index (χ0) is 16.8. The molecule has 3 aromatic rings. The Morgan fingerprint density at radius 2 is 2.21 bits per heavy atom. The molecule has 4 rings (SSSR count). The first-order valence-corrected chi connectivity index (χ1v) is 7.60. The molecular weight excluding hydrogens is 312 g/mol. The molecule has 0 bridgehead atoms. The van der Waals surface area contributed by atoms with Gasteiger partial charge < -0.3 is 10.0 Å². The van der Waals surface area contributed by atoms with Crippen molar-refractivity contribution in [2.24, 2.45) is 0 Å². The fraction of sp³-hybridized carbons (Fsp3) is 0.333. The van der Waals surface area contributed by atoms with Gasteiger partial charge in [-0.05, 0) is 13.0 Å². The van der Waals surface area contributed by atoms with Crippen LogP contribution in [0, 0.1) is 6.92 Å². The van der Waals surface area contributed by atoms with E-state index in [9.17, 15) is 14.7 Å². The van der Waals surface area contributed by atoms with Gasteiger partial charge in [0.25, 0.3) is 11.5 Å². The van der Waals surface area contributed by atoms with Crippen LogP contribution in [-0.4, -0.2) is 46.8 Å². The number of nitrogens with one attached hydrogen (secondary N) is 1. The van der Waals surface area contributed by atoms with Crippen LogP contribution in [0.5, 0.6) is 0 Å². The number of hydrogen-bond donors (Lipinski definition) is 2. The number of aromatic nitrogens is 5. The molecule has 9 heteroatoms. The summed E-state index contributed by atoms with van der Waals surface area (Å²) in [7, 11) is 0. The number of rotatable bonds is 2. The number of aliphatic hydroxyl groups is 1. The van der Waals surface area contributed by atoms with Crippen LogP contribution in [0.2, 0.25) is 0 Å². The van der Waals surface area contributed by atoms with Crippen LogP contribution >= 0.6 is 0 Å². The molecule has 0 aromatic carbocycles. The van der Waals surface area contributed by atoms with Gasteiger partial charge in [0.1, 0.15) is 0 Å². The predicted octanol–water partition coefficient (Wildman–Crippen LogP) is -0.324. The van der Waals surface area contributed by atoms with Crippen molar-refractivity contribution in [3.05, 3.63) is 51.3 Å². The lowest BCUT2D eigenvalue weighted by Gasteiger charge is -2.28. The van der Waals surface area contributed by atoms with Gasteiger partial charge in [0.2, 0.25) is 0 Å². The molecule has 9 nitrogen and oxygen atoms in total. The summed E-state index contributed by atoms with van der Waals surface area (Å²) in [6, 6.07) is 3.19. The molecule has 0 aliphatic carbocycles. The van der Waals surface area contributed by atoms with E-state index in [0.717, 1.165) is 5.69 Å². The second-order valence-electron chi connectivity index (χ2n) is 5.81. The molecule has 1 aliphatic rings. The standard InChI is InChI=1S/C15H16N6O3/c1-9-12(6-16-13-5-14(23)18-21(9)13)15(24)19-2-3-20-11(7-19)4-10(8-22)17-20/h4-6,22H,2-3,7-8H2,1H3,(H,18,23). The third-order valence-corrected chi connectivity index (χ3v) is 4.29. The first kappa shape index (κ1) is 14.6. The number of carbonyl (C=O) groups is 1. The van der Waals surface area contributed by atoms with Gasteiger partial charge in [0.05, 0.1) is 42.3 Å². The van der Waals surface area contributed by atoms with Crippen molar-refractivity contribution in [2.75, 3.05) is 6.54 Å². The number of amides is 1. The Kier molecular flexibility index (Phi) is 3.24. The SMILES string of the molecule is Cc1c(C(=O)N2CCn3nc(CO)cc3C2)cnc2cc(=O)[nH]n12. The van der Waals surface area contributed by atoms with E-state index in [2.05, 4.69) is 15.2 Å². The van der Waals surface area contributed by atoms with Crippen LogP contribution in [0.4, 0.5) is 0 Å². The first-order valence-electron chi connectivity index (χ1n) is 7.60. The monoisotopic (exact) mass is 328 g/mol. The fourth-order valence-electron chi connectivity index (χ4n) is 3.03. The highest BCUT2D eigenvalue weighted by Crippen LogP contribution is 2.18. The second kappa shape index (κ2) is 5.31. The maximum absolute atomic E-state index is 12.9. The Hall–Kier alpha value is -2.94. The van der Waals surface area contributed by atoms with Gasteiger partial charge in [-0.1, -0.05) is 0 Å². The highest BCUT2D eigenvalue weighted by molar-refractivity contribution is 5.95. The van der Waals surface area contributed by atoms with E-state index in [0.29, 0.717) is 42.2 Å². The van der Waals surface area contributed by atoms with Gasteiger partial charge in [-0.2, -0.15) is 5.10 Å². The van der Waals surface area contributed by atoms with E-state index in [1.807, 2.05) is 4.68 Å². The highest BCUT2D eigenvalue weighted by Gasteiger charge is 2.25. The Morgan fingerprint density at radius 3 is 3.00 bits per heavy atom. The van der Waals surface area contributed by atoms with Crippen LogP contribution in [-0.2, 0) is 19.7 Å². The molecule has 0 spiro atoms. The second-order valence-corrected chi connectivity index (χ2v) is 5.81. The van der Waals surface area contributed by atoms with E-state index in [1.54, 1.807) is 17.9 Å². The number of aryl methyl sites for hydroxylation is 1. The highest BCUT2D eigenvalue weighted by atomic mass is 16.3. The van der Waals surface area contributed by atoms with E-state index in [-0.39, 0.29) is 18.1 Å². The zero-order valence-corrected chi connectivity index (χ0v) is 13.1. The van der Waals surface area contributed by atoms with Crippen molar-refractivity contribution >= 4 is 11.6 Å². The number of nitrogens with zero attached hydrogens (tertiary/aromatic N) is 5. The third kappa shape index (κ3) is 2.21. The normalized spacial score (nSPS) is 14.2. The van der Waals surface area contributed by atoms with Gasteiger partial charge in [0.15, 0.2) is 5.65 Å².